The van der Waals surface area contributed by atoms with Crippen LogP contribution < -0.4 is 5.73 Å². The Labute approximate surface area is 134 Å². The number of benzene rings is 1. The highest BCUT2D eigenvalue weighted by Gasteiger charge is 2.35. The number of esters is 1. The summed E-state index contributed by atoms with van der Waals surface area (Å²) in [6.45, 7) is 0.839. The van der Waals surface area contributed by atoms with Gasteiger partial charge >= 0.3 is 5.97 Å². The van der Waals surface area contributed by atoms with Crippen LogP contribution in [0, 0.1) is 0 Å². The summed E-state index contributed by atoms with van der Waals surface area (Å²) in [7, 11) is 1.28. The van der Waals surface area contributed by atoms with Gasteiger partial charge in [0.25, 0.3) is 0 Å². The second kappa shape index (κ2) is 7.58. The van der Waals surface area contributed by atoms with Crippen LogP contribution in [0.5, 0.6) is 0 Å². The summed E-state index contributed by atoms with van der Waals surface area (Å²) in [4.78, 5) is 25.7. The number of hydrogen-bond acceptors (Lipinski definition) is 5. The number of nitrogens with zero attached hydrogens (tertiary/aromatic N) is 1. The Bertz CT molecular complexity index is 535. The average molecular weight is 327 g/mol. The molecule has 0 aromatic heterocycles. The van der Waals surface area contributed by atoms with Crippen LogP contribution in [0.4, 0.5) is 0 Å². The van der Waals surface area contributed by atoms with Gasteiger partial charge < -0.3 is 20.1 Å². The van der Waals surface area contributed by atoms with E-state index in [9.17, 15) is 9.59 Å². The van der Waals surface area contributed by atoms with Crippen LogP contribution in [0.25, 0.3) is 0 Å². The highest BCUT2D eigenvalue weighted by Crippen LogP contribution is 2.14. The monoisotopic (exact) mass is 326 g/mol. The molecular weight excluding hydrogens is 308 g/mol. The normalized spacial score (nSPS) is 19.6. The van der Waals surface area contributed by atoms with E-state index in [-0.39, 0.29) is 12.5 Å². The largest absolute Gasteiger partial charge is 0.467 e. The minimum Gasteiger partial charge on any atom is -0.467 e. The molecule has 0 unspecified atom stereocenters. The van der Waals surface area contributed by atoms with E-state index in [1.54, 1.807) is 12.1 Å². The van der Waals surface area contributed by atoms with Crippen LogP contribution in [0.1, 0.15) is 5.56 Å². The molecule has 2 N–H and O–H groups in total. The molecule has 0 saturated carbocycles. The zero-order valence-corrected chi connectivity index (χ0v) is 13.1. The predicted molar refractivity (Wildman–Crippen MR) is 81.5 cm³/mol. The molecular formula is C15H19ClN2O4. The van der Waals surface area contributed by atoms with Gasteiger partial charge in [0.15, 0.2) is 6.04 Å². The molecule has 1 aromatic rings. The molecule has 1 aliphatic rings. The third-order valence-electron chi connectivity index (χ3n) is 3.57. The lowest BCUT2D eigenvalue weighted by Gasteiger charge is -2.35. The number of amides is 1. The topological polar surface area (TPSA) is 81.9 Å². The molecule has 7 heteroatoms. The summed E-state index contributed by atoms with van der Waals surface area (Å²) < 4.78 is 9.96. The minimum absolute atomic E-state index is 0.131. The van der Waals surface area contributed by atoms with Crippen LogP contribution in [-0.4, -0.2) is 55.7 Å². The first-order chi connectivity index (χ1) is 10.5. The summed E-state index contributed by atoms with van der Waals surface area (Å²) in [6, 6.07) is 5.69. The van der Waals surface area contributed by atoms with Crippen LogP contribution >= 0.6 is 11.6 Å². The third-order valence-corrected chi connectivity index (χ3v) is 3.82. The Morgan fingerprint density at radius 3 is 2.77 bits per heavy atom. The summed E-state index contributed by atoms with van der Waals surface area (Å²) >= 11 is 5.83. The second-order valence-corrected chi connectivity index (χ2v) is 5.52. The zero-order valence-electron chi connectivity index (χ0n) is 12.3. The SMILES string of the molecule is COC(=O)[C@@H]1COCCN1C(=O)[C@H](N)Cc1ccc(Cl)cc1. The highest BCUT2D eigenvalue weighted by molar-refractivity contribution is 6.30. The van der Waals surface area contributed by atoms with Gasteiger partial charge in [-0.15, -0.1) is 0 Å². The summed E-state index contributed by atoms with van der Waals surface area (Å²) in [5, 5.41) is 0.627. The van der Waals surface area contributed by atoms with Crippen molar-refractivity contribution in [3.8, 4) is 0 Å². The van der Waals surface area contributed by atoms with Crippen molar-refractivity contribution in [2.45, 2.75) is 18.5 Å². The quantitative estimate of drug-likeness (QED) is 0.820. The van der Waals surface area contributed by atoms with Gasteiger partial charge in [0.05, 0.1) is 26.4 Å². The number of methoxy groups -OCH3 is 1. The van der Waals surface area contributed by atoms with E-state index >= 15 is 0 Å². The first kappa shape index (κ1) is 16.7. The molecule has 1 saturated heterocycles. The molecule has 1 heterocycles. The molecule has 22 heavy (non-hydrogen) atoms. The lowest BCUT2D eigenvalue weighted by Crippen LogP contribution is -2.57. The molecule has 1 aliphatic heterocycles. The predicted octanol–water partition coefficient (Wildman–Crippen LogP) is 0.610. The van der Waals surface area contributed by atoms with Crippen molar-refractivity contribution < 1.29 is 19.1 Å². The van der Waals surface area contributed by atoms with E-state index in [0.717, 1.165) is 5.56 Å². The molecule has 1 amide bonds. The summed E-state index contributed by atoms with van der Waals surface area (Å²) in [6.07, 6.45) is 0.376. The smallest absolute Gasteiger partial charge is 0.331 e. The zero-order chi connectivity index (χ0) is 16.1. The highest BCUT2D eigenvalue weighted by atomic mass is 35.5. The fourth-order valence-electron chi connectivity index (χ4n) is 2.37. The maximum absolute atomic E-state index is 12.5. The number of morpholine rings is 1. The fourth-order valence-corrected chi connectivity index (χ4v) is 2.50. The first-order valence-corrected chi connectivity index (χ1v) is 7.37. The van der Waals surface area contributed by atoms with Crippen molar-refractivity contribution >= 4 is 23.5 Å². The van der Waals surface area contributed by atoms with Gasteiger partial charge in [-0.2, -0.15) is 0 Å². The summed E-state index contributed by atoms with van der Waals surface area (Å²) in [5.41, 5.74) is 6.92. The van der Waals surface area contributed by atoms with Crippen molar-refractivity contribution in [2.24, 2.45) is 5.73 Å². The number of ether oxygens (including phenoxy) is 2. The first-order valence-electron chi connectivity index (χ1n) is 6.99. The molecule has 1 fully saturated rings. The van der Waals surface area contributed by atoms with Gasteiger partial charge in [0, 0.05) is 11.6 Å². The van der Waals surface area contributed by atoms with Crippen LogP contribution in [0.15, 0.2) is 24.3 Å². The molecule has 6 nitrogen and oxygen atoms in total. The van der Waals surface area contributed by atoms with Crippen molar-refractivity contribution in [2.75, 3.05) is 26.9 Å². The molecule has 0 aliphatic carbocycles. The van der Waals surface area contributed by atoms with Crippen LogP contribution in [-0.2, 0) is 25.5 Å². The van der Waals surface area contributed by atoms with Crippen molar-refractivity contribution in [1.29, 1.82) is 0 Å². The third kappa shape index (κ3) is 3.97. The molecule has 120 valence electrons. The Morgan fingerprint density at radius 2 is 2.14 bits per heavy atom. The minimum atomic E-state index is -0.734. The Morgan fingerprint density at radius 1 is 1.45 bits per heavy atom. The molecule has 0 spiro atoms. The van der Waals surface area contributed by atoms with Crippen molar-refractivity contribution in [1.82, 2.24) is 4.90 Å². The van der Waals surface area contributed by atoms with E-state index in [4.69, 9.17) is 26.8 Å². The van der Waals surface area contributed by atoms with E-state index < -0.39 is 18.1 Å². The van der Waals surface area contributed by atoms with Crippen LogP contribution in [0.2, 0.25) is 5.02 Å². The number of carbonyl (C=O) groups excluding carboxylic acids is 2. The van der Waals surface area contributed by atoms with E-state index in [0.29, 0.717) is 24.6 Å². The van der Waals surface area contributed by atoms with Gasteiger partial charge in [-0.3, -0.25) is 4.79 Å². The summed E-state index contributed by atoms with van der Waals surface area (Å²) in [5.74, 6) is -0.777. The lowest BCUT2D eigenvalue weighted by molar-refractivity contribution is -0.161. The molecule has 2 atom stereocenters. The molecule has 2 rings (SSSR count). The van der Waals surface area contributed by atoms with Gasteiger partial charge in [0.1, 0.15) is 0 Å². The van der Waals surface area contributed by atoms with Gasteiger partial charge in [-0.25, -0.2) is 4.79 Å². The lowest BCUT2D eigenvalue weighted by atomic mass is 10.0. The van der Waals surface area contributed by atoms with Gasteiger partial charge in [-0.1, -0.05) is 23.7 Å². The van der Waals surface area contributed by atoms with Crippen LogP contribution in [0.3, 0.4) is 0 Å². The molecule has 1 aromatic carbocycles. The van der Waals surface area contributed by atoms with E-state index in [1.165, 1.54) is 12.0 Å². The second-order valence-electron chi connectivity index (χ2n) is 5.08. The Balaban J connectivity index is 2.04. The Kier molecular flexibility index (Phi) is 5.76. The number of nitrogens with two attached hydrogens (primary N) is 1. The Hall–Kier alpha value is -1.63. The standard InChI is InChI=1S/C15H19ClN2O4/c1-21-15(20)13-9-22-7-6-18(13)14(19)12(17)8-10-2-4-11(16)5-3-10/h2-5,12-13H,6-9,17H2,1H3/t12-,13+/m1/s1. The number of hydrogen-bond donors (Lipinski definition) is 1. The number of rotatable bonds is 4. The number of carbonyl (C=O) groups is 2. The maximum Gasteiger partial charge on any atom is 0.331 e. The van der Waals surface area contributed by atoms with Crippen molar-refractivity contribution in [3.05, 3.63) is 34.9 Å². The van der Waals surface area contributed by atoms with E-state index in [1.807, 2.05) is 12.1 Å². The number of halogens is 1. The van der Waals surface area contributed by atoms with Gasteiger partial charge in [-0.05, 0) is 24.1 Å². The molecule has 0 bridgehead atoms. The van der Waals surface area contributed by atoms with E-state index in [2.05, 4.69) is 0 Å². The molecule has 0 radical (unpaired) electrons. The van der Waals surface area contributed by atoms with Crippen molar-refractivity contribution in [3.63, 3.8) is 0 Å². The van der Waals surface area contributed by atoms with Gasteiger partial charge in [0.2, 0.25) is 5.91 Å². The fraction of sp³-hybridized carbons (Fsp3) is 0.467. The average Bonchev–Trinajstić information content (AvgIpc) is 2.55. The maximum atomic E-state index is 12.5.